The lowest BCUT2D eigenvalue weighted by Gasteiger charge is -2.14. The van der Waals surface area contributed by atoms with Gasteiger partial charge < -0.3 is 4.74 Å². The molecule has 0 saturated carbocycles. The van der Waals surface area contributed by atoms with Gasteiger partial charge in [-0.3, -0.25) is 4.68 Å². The average molecular weight is 304 g/mol. The zero-order chi connectivity index (χ0) is 16.3. The highest BCUT2D eigenvalue weighted by Crippen LogP contribution is 2.23. The molecule has 118 valence electrons. The van der Waals surface area contributed by atoms with Crippen molar-refractivity contribution in [1.82, 2.24) is 9.78 Å². The van der Waals surface area contributed by atoms with Crippen molar-refractivity contribution in [1.29, 1.82) is 0 Å². The third kappa shape index (κ3) is 3.53. The lowest BCUT2D eigenvalue weighted by atomic mass is 9.92. The van der Waals surface area contributed by atoms with Gasteiger partial charge >= 0.3 is 5.97 Å². The third-order valence-electron chi connectivity index (χ3n) is 3.31. The van der Waals surface area contributed by atoms with Gasteiger partial charge in [0.25, 0.3) is 0 Å². The van der Waals surface area contributed by atoms with E-state index >= 15 is 0 Å². The number of benzene rings is 1. The molecule has 0 unspecified atom stereocenters. The van der Waals surface area contributed by atoms with Crippen LogP contribution in [0.4, 0.5) is 4.39 Å². The molecule has 0 spiro atoms. The van der Waals surface area contributed by atoms with Crippen molar-refractivity contribution in [2.75, 3.05) is 6.61 Å². The van der Waals surface area contributed by atoms with E-state index < -0.39 is 5.97 Å². The Balaban J connectivity index is 2.42. The fourth-order valence-corrected chi connectivity index (χ4v) is 2.06. The molecule has 0 N–H and O–H groups in total. The first kappa shape index (κ1) is 16.2. The van der Waals surface area contributed by atoms with E-state index in [1.165, 1.54) is 10.7 Å². The Morgan fingerprint density at radius 2 is 2.00 bits per heavy atom. The summed E-state index contributed by atoms with van der Waals surface area (Å²) >= 11 is 0. The van der Waals surface area contributed by atoms with Crippen LogP contribution < -0.4 is 0 Å². The molecule has 4 nitrogen and oxygen atoms in total. The number of carbonyl (C=O) groups excluding carboxylic acids is 1. The molecular formula is C17H21FN2O2. The average Bonchev–Trinajstić information content (AvgIpc) is 2.86. The summed E-state index contributed by atoms with van der Waals surface area (Å²) in [6, 6.07) is 8.19. The van der Waals surface area contributed by atoms with Gasteiger partial charge in [0.05, 0.1) is 18.8 Å². The van der Waals surface area contributed by atoms with Crippen LogP contribution in [0.3, 0.4) is 0 Å². The molecule has 22 heavy (non-hydrogen) atoms. The van der Waals surface area contributed by atoms with Crippen LogP contribution in [0.25, 0.3) is 0 Å². The molecule has 5 heteroatoms. The SMILES string of the molecule is CCOC(=O)c1cc(C(C)(C)C)nn1Cc1ccccc1F. The second-order valence-corrected chi connectivity index (χ2v) is 6.13. The third-order valence-corrected chi connectivity index (χ3v) is 3.31. The number of carbonyl (C=O) groups is 1. The number of esters is 1. The molecule has 0 atom stereocenters. The minimum atomic E-state index is -0.443. The van der Waals surface area contributed by atoms with Gasteiger partial charge in [-0.25, -0.2) is 9.18 Å². The predicted octanol–water partition coefficient (Wildman–Crippen LogP) is 3.54. The summed E-state index contributed by atoms with van der Waals surface area (Å²) in [7, 11) is 0. The summed E-state index contributed by atoms with van der Waals surface area (Å²) in [5, 5.41) is 4.47. The number of ether oxygens (including phenoxy) is 1. The Hall–Kier alpha value is -2.17. The summed E-state index contributed by atoms with van der Waals surface area (Å²) < 4.78 is 20.4. The fraction of sp³-hybridized carbons (Fsp3) is 0.412. The van der Waals surface area contributed by atoms with Gasteiger partial charge in [-0.2, -0.15) is 5.10 Å². The number of halogens is 1. The van der Waals surface area contributed by atoms with Crippen LogP contribution in [-0.2, 0) is 16.7 Å². The molecule has 0 aliphatic carbocycles. The standard InChI is InChI=1S/C17H21FN2O2/c1-5-22-16(21)14-10-15(17(2,3)4)19-20(14)11-12-8-6-7-9-13(12)18/h6-10H,5,11H2,1-4H3. The molecule has 0 bridgehead atoms. The zero-order valence-corrected chi connectivity index (χ0v) is 13.4. The number of rotatable bonds is 4. The van der Waals surface area contributed by atoms with Crippen molar-refractivity contribution >= 4 is 5.97 Å². The topological polar surface area (TPSA) is 44.1 Å². The Kier molecular flexibility index (Phi) is 4.64. The maximum absolute atomic E-state index is 13.8. The van der Waals surface area contributed by atoms with Crippen LogP contribution >= 0.6 is 0 Å². The number of nitrogens with zero attached hydrogens (tertiary/aromatic N) is 2. The molecule has 2 aromatic rings. The first-order valence-corrected chi connectivity index (χ1v) is 7.31. The highest BCUT2D eigenvalue weighted by molar-refractivity contribution is 5.87. The van der Waals surface area contributed by atoms with Crippen molar-refractivity contribution < 1.29 is 13.9 Å². The molecule has 1 aromatic carbocycles. The summed E-state index contributed by atoms with van der Waals surface area (Å²) in [6.45, 7) is 8.26. The van der Waals surface area contributed by atoms with E-state index in [0.29, 0.717) is 11.3 Å². The number of hydrogen-bond acceptors (Lipinski definition) is 3. The number of hydrogen-bond donors (Lipinski definition) is 0. The molecule has 0 radical (unpaired) electrons. The highest BCUT2D eigenvalue weighted by atomic mass is 19.1. The van der Waals surface area contributed by atoms with Crippen LogP contribution in [0.5, 0.6) is 0 Å². The summed E-state index contributed by atoms with van der Waals surface area (Å²) in [5.74, 6) is -0.757. The molecule has 0 saturated heterocycles. The van der Waals surface area contributed by atoms with E-state index in [9.17, 15) is 9.18 Å². The monoisotopic (exact) mass is 304 g/mol. The van der Waals surface area contributed by atoms with Crippen LogP contribution in [-0.4, -0.2) is 22.4 Å². The normalized spacial score (nSPS) is 11.5. The number of aromatic nitrogens is 2. The van der Waals surface area contributed by atoms with Gasteiger partial charge in [-0.15, -0.1) is 0 Å². The largest absolute Gasteiger partial charge is 0.461 e. The van der Waals surface area contributed by atoms with E-state index in [1.54, 1.807) is 31.2 Å². The lowest BCUT2D eigenvalue weighted by Crippen LogP contribution is -2.15. The van der Waals surface area contributed by atoms with Crippen molar-refractivity contribution in [2.24, 2.45) is 0 Å². The van der Waals surface area contributed by atoms with Crippen LogP contribution in [0.1, 0.15) is 49.4 Å². The van der Waals surface area contributed by atoms with Crippen molar-refractivity contribution in [3.05, 3.63) is 53.1 Å². The maximum Gasteiger partial charge on any atom is 0.356 e. The van der Waals surface area contributed by atoms with E-state index in [2.05, 4.69) is 5.10 Å². The Labute approximate surface area is 129 Å². The predicted molar refractivity (Wildman–Crippen MR) is 82.4 cm³/mol. The highest BCUT2D eigenvalue weighted by Gasteiger charge is 2.24. The minimum Gasteiger partial charge on any atom is -0.461 e. The van der Waals surface area contributed by atoms with Gasteiger partial charge in [-0.05, 0) is 19.1 Å². The summed E-state index contributed by atoms with van der Waals surface area (Å²) in [5.41, 5.74) is 1.39. The molecule has 2 rings (SSSR count). The molecule has 0 aliphatic heterocycles. The van der Waals surface area contributed by atoms with Crippen LogP contribution in [0.15, 0.2) is 30.3 Å². The van der Waals surface area contributed by atoms with Gasteiger partial charge in [-0.1, -0.05) is 39.0 Å². The van der Waals surface area contributed by atoms with E-state index in [1.807, 2.05) is 20.8 Å². The van der Waals surface area contributed by atoms with Crippen molar-refractivity contribution in [3.63, 3.8) is 0 Å². The fourth-order valence-electron chi connectivity index (χ4n) is 2.06. The molecule has 1 heterocycles. The van der Waals surface area contributed by atoms with Gasteiger partial charge in [0, 0.05) is 11.0 Å². The van der Waals surface area contributed by atoms with Crippen LogP contribution in [0, 0.1) is 5.82 Å². The Bertz CT molecular complexity index is 672. The van der Waals surface area contributed by atoms with E-state index in [0.717, 1.165) is 5.69 Å². The quantitative estimate of drug-likeness (QED) is 0.811. The summed E-state index contributed by atoms with van der Waals surface area (Å²) in [6.07, 6.45) is 0. The molecule has 0 aliphatic rings. The van der Waals surface area contributed by atoms with E-state index in [-0.39, 0.29) is 24.4 Å². The van der Waals surface area contributed by atoms with E-state index in [4.69, 9.17) is 4.74 Å². The first-order valence-electron chi connectivity index (χ1n) is 7.31. The van der Waals surface area contributed by atoms with Crippen LogP contribution in [0.2, 0.25) is 0 Å². The molecule has 1 aromatic heterocycles. The molecule has 0 fully saturated rings. The smallest absolute Gasteiger partial charge is 0.356 e. The maximum atomic E-state index is 13.8. The van der Waals surface area contributed by atoms with Gasteiger partial charge in [0.1, 0.15) is 11.5 Å². The van der Waals surface area contributed by atoms with Crippen molar-refractivity contribution in [3.8, 4) is 0 Å². The Morgan fingerprint density at radius 3 is 2.59 bits per heavy atom. The van der Waals surface area contributed by atoms with Gasteiger partial charge in [0.15, 0.2) is 0 Å². The minimum absolute atomic E-state index is 0.191. The van der Waals surface area contributed by atoms with Gasteiger partial charge in [0.2, 0.25) is 0 Å². The lowest BCUT2D eigenvalue weighted by molar-refractivity contribution is 0.0512. The zero-order valence-electron chi connectivity index (χ0n) is 13.4. The molecule has 0 amide bonds. The Morgan fingerprint density at radius 1 is 1.32 bits per heavy atom. The second-order valence-electron chi connectivity index (χ2n) is 6.13. The van der Waals surface area contributed by atoms with Crippen molar-refractivity contribution in [2.45, 2.75) is 39.7 Å². The second kappa shape index (κ2) is 6.30. The summed E-state index contributed by atoms with van der Waals surface area (Å²) in [4.78, 5) is 12.1. The first-order chi connectivity index (χ1) is 10.3. The molecular weight excluding hydrogens is 283 g/mol.